The first-order valence-corrected chi connectivity index (χ1v) is 10.2. The Morgan fingerprint density at radius 2 is 1.45 bits per heavy atom. The van der Waals surface area contributed by atoms with Crippen molar-refractivity contribution in [3.63, 3.8) is 0 Å². The maximum absolute atomic E-state index is 12.0. The molecule has 152 valence electrons. The molecule has 1 saturated heterocycles. The highest BCUT2D eigenvalue weighted by Crippen LogP contribution is 2.00. The highest BCUT2D eigenvalue weighted by Gasteiger charge is 2.23. The molecule has 2 aromatic rings. The van der Waals surface area contributed by atoms with Gasteiger partial charge in [-0.1, -0.05) is 60.7 Å². The van der Waals surface area contributed by atoms with E-state index in [1.807, 2.05) is 36.4 Å². The Kier molecular flexibility index (Phi) is 7.98. The van der Waals surface area contributed by atoms with E-state index in [-0.39, 0.29) is 11.8 Å². The summed E-state index contributed by atoms with van der Waals surface area (Å²) in [5.74, 6) is -0.495. The number of rotatable bonds is 7. The van der Waals surface area contributed by atoms with Crippen molar-refractivity contribution in [2.45, 2.75) is 13.0 Å². The zero-order chi connectivity index (χ0) is 20.3. The number of benzene rings is 2. The normalized spacial score (nSPS) is 19.0. The number of carbonyl (C=O) groups excluding carboxylic acids is 2. The number of hydrogen-bond acceptors (Lipinski definition) is 2. The van der Waals surface area contributed by atoms with Crippen molar-refractivity contribution in [2.24, 2.45) is 0 Å². The fourth-order valence-electron chi connectivity index (χ4n) is 3.53. The number of piperazine rings is 1. The van der Waals surface area contributed by atoms with Gasteiger partial charge in [-0.15, -0.1) is 0 Å². The fraction of sp³-hybridized carbons (Fsp3) is 0.304. The van der Waals surface area contributed by atoms with Crippen LogP contribution in [0.5, 0.6) is 0 Å². The number of hydrogen-bond donors (Lipinski definition) is 4. The summed E-state index contributed by atoms with van der Waals surface area (Å²) in [5, 5.41) is 0. The van der Waals surface area contributed by atoms with E-state index in [1.165, 1.54) is 16.5 Å². The number of carbonyl (C=O) groups is 2. The Morgan fingerprint density at radius 3 is 2.14 bits per heavy atom. The summed E-state index contributed by atoms with van der Waals surface area (Å²) in [6, 6.07) is 20.1. The van der Waals surface area contributed by atoms with E-state index < -0.39 is 0 Å². The highest BCUT2D eigenvalue weighted by atomic mass is 16.2. The van der Waals surface area contributed by atoms with Crippen molar-refractivity contribution in [3.05, 3.63) is 77.9 Å². The van der Waals surface area contributed by atoms with Gasteiger partial charge in [0.15, 0.2) is 0 Å². The predicted molar refractivity (Wildman–Crippen MR) is 113 cm³/mol. The molecule has 0 saturated carbocycles. The maximum atomic E-state index is 12.0. The summed E-state index contributed by atoms with van der Waals surface area (Å²) in [4.78, 5) is 26.8. The van der Waals surface area contributed by atoms with E-state index in [4.69, 9.17) is 0 Å². The minimum absolute atomic E-state index is 0.155. The molecule has 0 aromatic heterocycles. The van der Waals surface area contributed by atoms with Gasteiger partial charge in [-0.2, -0.15) is 0 Å². The van der Waals surface area contributed by atoms with E-state index in [1.54, 1.807) is 11.0 Å². The SMILES string of the molecule is O=C(/C=C/c1ccccc1)NNC(=O)CC[NH+]1CC[NH+](Cc2ccccc2)CC1. The molecule has 1 fully saturated rings. The minimum atomic E-state index is -0.340. The van der Waals surface area contributed by atoms with Crippen molar-refractivity contribution in [1.82, 2.24) is 10.9 Å². The van der Waals surface area contributed by atoms with Crippen LogP contribution in [0.15, 0.2) is 66.7 Å². The molecule has 2 aromatic carbocycles. The van der Waals surface area contributed by atoms with E-state index in [0.29, 0.717) is 6.42 Å². The van der Waals surface area contributed by atoms with Crippen LogP contribution >= 0.6 is 0 Å². The molecule has 6 heteroatoms. The highest BCUT2D eigenvalue weighted by molar-refractivity contribution is 5.93. The molecule has 29 heavy (non-hydrogen) atoms. The van der Waals surface area contributed by atoms with Crippen LogP contribution in [0.4, 0.5) is 0 Å². The van der Waals surface area contributed by atoms with Crippen LogP contribution < -0.4 is 20.7 Å². The molecule has 0 radical (unpaired) electrons. The number of nitrogens with one attached hydrogen (secondary N) is 4. The molecule has 0 bridgehead atoms. The monoisotopic (exact) mass is 394 g/mol. The second-order valence-corrected chi connectivity index (χ2v) is 7.44. The van der Waals surface area contributed by atoms with Gasteiger partial charge >= 0.3 is 0 Å². The smallest absolute Gasteiger partial charge is 0.262 e. The lowest BCUT2D eigenvalue weighted by Gasteiger charge is -2.29. The largest absolute Gasteiger partial charge is 0.325 e. The van der Waals surface area contributed by atoms with Crippen LogP contribution in [0.1, 0.15) is 17.5 Å². The molecular weight excluding hydrogens is 364 g/mol. The number of hydrazine groups is 1. The summed E-state index contributed by atoms with van der Waals surface area (Å²) in [6.45, 7) is 6.24. The van der Waals surface area contributed by atoms with Crippen LogP contribution in [0.2, 0.25) is 0 Å². The second-order valence-electron chi connectivity index (χ2n) is 7.44. The average molecular weight is 395 g/mol. The van der Waals surface area contributed by atoms with E-state index in [0.717, 1.165) is 44.8 Å². The lowest BCUT2D eigenvalue weighted by molar-refractivity contribution is -1.02. The zero-order valence-corrected chi connectivity index (χ0v) is 16.7. The van der Waals surface area contributed by atoms with Gasteiger partial charge in [0.1, 0.15) is 32.7 Å². The van der Waals surface area contributed by atoms with Gasteiger partial charge in [0.2, 0.25) is 5.91 Å². The Labute approximate surface area is 172 Å². The Bertz CT molecular complexity index is 800. The van der Waals surface area contributed by atoms with Gasteiger partial charge in [0.05, 0.1) is 13.0 Å². The van der Waals surface area contributed by atoms with Crippen molar-refractivity contribution in [1.29, 1.82) is 0 Å². The van der Waals surface area contributed by atoms with Crippen LogP contribution in [-0.4, -0.2) is 44.5 Å². The second kappa shape index (κ2) is 11.1. The zero-order valence-electron chi connectivity index (χ0n) is 16.7. The van der Waals surface area contributed by atoms with Crippen molar-refractivity contribution >= 4 is 17.9 Å². The van der Waals surface area contributed by atoms with Gasteiger partial charge in [0.25, 0.3) is 5.91 Å². The van der Waals surface area contributed by atoms with Gasteiger partial charge in [-0.25, -0.2) is 0 Å². The van der Waals surface area contributed by atoms with E-state index >= 15 is 0 Å². The Hall–Kier alpha value is -2.96. The van der Waals surface area contributed by atoms with Gasteiger partial charge in [0, 0.05) is 11.6 Å². The predicted octanol–water partition coefficient (Wildman–Crippen LogP) is -0.779. The van der Waals surface area contributed by atoms with Gasteiger partial charge < -0.3 is 9.80 Å². The van der Waals surface area contributed by atoms with Crippen LogP contribution in [0.25, 0.3) is 6.08 Å². The third kappa shape index (κ3) is 7.52. The molecule has 1 aliphatic heterocycles. The maximum Gasteiger partial charge on any atom is 0.262 e. The van der Waals surface area contributed by atoms with Crippen LogP contribution in [0.3, 0.4) is 0 Å². The first-order valence-electron chi connectivity index (χ1n) is 10.2. The van der Waals surface area contributed by atoms with Gasteiger partial charge in [-0.3, -0.25) is 20.4 Å². The van der Waals surface area contributed by atoms with Crippen molar-refractivity contribution in [3.8, 4) is 0 Å². The van der Waals surface area contributed by atoms with Gasteiger partial charge in [-0.05, 0) is 11.6 Å². The Balaban J connectivity index is 1.29. The minimum Gasteiger partial charge on any atom is -0.325 e. The molecule has 1 heterocycles. The van der Waals surface area contributed by atoms with E-state index in [9.17, 15) is 9.59 Å². The lowest BCUT2D eigenvalue weighted by atomic mass is 10.2. The molecule has 2 amide bonds. The fourth-order valence-corrected chi connectivity index (χ4v) is 3.53. The molecule has 0 spiro atoms. The molecule has 3 rings (SSSR count). The Morgan fingerprint density at radius 1 is 0.828 bits per heavy atom. The molecule has 6 nitrogen and oxygen atoms in total. The molecule has 0 aliphatic carbocycles. The molecule has 0 atom stereocenters. The van der Waals surface area contributed by atoms with Crippen LogP contribution in [0, 0.1) is 0 Å². The lowest BCUT2D eigenvalue weighted by Crippen LogP contribution is -3.27. The first kappa shape index (κ1) is 20.8. The summed E-state index contributed by atoms with van der Waals surface area (Å²) in [7, 11) is 0. The summed E-state index contributed by atoms with van der Waals surface area (Å²) in [6.07, 6.45) is 3.53. The standard InChI is InChI=1S/C23H28N4O2/c28-22(12-11-20-7-3-1-4-8-20)24-25-23(29)13-14-26-15-17-27(18-16-26)19-21-9-5-2-6-10-21/h1-12H,13-19H2,(H,24,28)(H,25,29)/p+2/b12-11+. The van der Waals surface area contributed by atoms with Crippen LogP contribution in [-0.2, 0) is 16.1 Å². The number of amides is 2. The topological polar surface area (TPSA) is 67.1 Å². The summed E-state index contributed by atoms with van der Waals surface area (Å²) < 4.78 is 0. The van der Waals surface area contributed by atoms with Crippen molar-refractivity contribution < 1.29 is 19.4 Å². The molecule has 4 N–H and O–H groups in total. The summed E-state index contributed by atoms with van der Waals surface area (Å²) in [5.41, 5.74) is 7.24. The average Bonchev–Trinajstić information content (AvgIpc) is 2.77. The number of quaternary nitrogens is 2. The third-order valence-corrected chi connectivity index (χ3v) is 5.22. The third-order valence-electron chi connectivity index (χ3n) is 5.22. The molecule has 1 aliphatic rings. The molecular formula is C23H30N4O2+2. The first-order chi connectivity index (χ1) is 14.2. The van der Waals surface area contributed by atoms with Crippen molar-refractivity contribution in [2.75, 3.05) is 32.7 Å². The quantitative estimate of drug-likeness (QED) is 0.368. The summed E-state index contributed by atoms with van der Waals surface area (Å²) >= 11 is 0. The van der Waals surface area contributed by atoms with E-state index in [2.05, 4.69) is 35.1 Å². The molecule has 0 unspecified atom stereocenters.